The highest BCUT2D eigenvalue weighted by atomic mass is 16.2. The fraction of sp³-hybridized carbons (Fsp3) is 0.818. The first kappa shape index (κ1) is 11.4. The maximum atomic E-state index is 11.7. The second kappa shape index (κ2) is 4.82. The van der Waals surface area contributed by atoms with E-state index in [4.69, 9.17) is 0 Å². The fourth-order valence-electron chi connectivity index (χ4n) is 2.56. The average Bonchev–Trinajstić information content (AvgIpc) is 2.30. The number of amides is 2. The quantitative estimate of drug-likeness (QED) is 0.594. The molecule has 0 bridgehead atoms. The van der Waals surface area contributed by atoms with E-state index in [1.807, 2.05) is 0 Å². The van der Waals surface area contributed by atoms with Crippen molar-refractivity contribution in [2.75, 3.05) is 7.05 Å². The van der Waals surface area contributed by atoms with Crippen LogP contribution in [-0.4, -0.2) is 37.0 Å². The largest absolute Gasteiger partial charge is 0.359 e. The van der Waals surface area contributed by atoms with Gasteiger partial charge < -0.3 is 16.0 Å². The second-order valence-corrected chi connectivity index (χ2v) is 4.60. The Morgan fingerprint density at radius 3 is 2.75 bits per heavy atom. The van der Waals surface area contributed by atoms with Crippen LogP contribution in [0.4, 0.5) is 0 Å². The van der Waals surface area contributed by atoms with E-state index in [2.05, 4.69) is 16.0 Å². The summed E-state index contributed by atoms with van der Waals surface area (Å²) in [7, 11) is 1.59. The Hall–Kier alpha value is -1.10. The van der Waals surface area contributed by atoms with Crippen molar-refractivity contribution in [3.8, 4) is 0 Å². The monoisotopic (exact) mass is 225 g/mol. The lowest BCUT2D eigenvalue weighted by Gasteiger charge is -2.40. The first-order chi connectivity index (χ1) is 7.70. The number of nitrogens with one attached hydrogen (secondary N) is 3. The van der Waals surface area contributed by atoms with Gasteiger partial charge in [-0.25, -0.2) is 0 Å². The summed E-state index contributed by atoms with van der Waals surface area (Å²) in [6.07, 6.45) is 4.76. The average molecular weight is 225 g/mol. The first-order valence-electron chi connectivity index (χ1n) is 5.97. The molecular weight excluding hydrogens is 206 g/mol. The molecule has 0 spiro atoms. The van der Waals surface area contributed by atoms with Gasteiger partial charge in [-0.3, -0.25) is 9.59 Å². The van der Waals surface area contributed by atoms with Gasteiger partial charge in [0.05, 0.1) is 12.5 Å². The summed E-state index contributed by atoms with van der Waals surface area (Å²) >= 11 is 0. The molecule has 0 aromatic carbocycles. The van der Waals surface area contributed by atoms with Crippen LogP contribution < -0.4 is 16.0 Å². The van der Waals surface area contributed by atoms with Gasteiger partial charge >= 0.3 is 0 Å². The zero-order chi connectivity index (χ0) is 11.5. The number of carbonyl (C=O) groups is 2. The minimum atomic E-state index is -0.362. The van der Waals surface area contributed by atoms with Crippen LogP contribution in [-0.2, 0) is 9.59 Å². The molecule has 3 N–H and O–H groups in total. The molecule has 2 aliphatic rings. The van der Waals surface area contributed by atoms with Crippen molar-refractivity contribution in [3.05, 3.63) is 0 Å². The molecule has 3 atom stereocenters. The summed E-state index contributed by atoms with van der Waals surface area (Å²) < 4.78 is 0. The summed E-state index contributed by atoms with van der Waals surface area (Å²) in [6, 6.07) is 0.252. The van der Waals surface area contributed by atoms with E-state index < -0.39 is 0 Å². The molecule has 5 nitrogen and oxygen atoms in total. The standard InChI is InChI=1S/C11H19N3O2/c1-12-10(15)6-9-11(16)14-8-5-3-2-4-7(8)13-9/h7-9,13H,2-6H2,1H3,(H,12,15)(H,14,16). The summed E-state index contributed by atoms with van der Waals surface area (Å²) in [5.41, 5.74) is 0. The molecule has 1 aliphatic heterocycles. The van der Waals surface area contributed by atoms with E-state index in [-0.39, 0.29) is 30.3 Å². The lowest BCUT2D eigenvalue weighted by atomic mass is 9.87. The molecule has 0 radical (unpaired) electrons. The van der Waals surface area contributed by atoms with Crippen LogP contribution in [0.1, 0.15) is 32.1 Å². The number of hydrogen-bond donors (Lipinski definition) is 3. The summed E-state index contributed by atoms with van der Waals surface area (Å²) in [6.45, 7) is 0. The minimum absolute atomic E-state index is 0.0354. The highest BCUT2D eigenvalue weighted by molar-refractivity contribution is 5.89. The van der Waals surface area contributed by atoms with Gasteiger partial charge in [-0.2, -0.15) is 0 Å². The molecule has 0 aromatic rings. The summed E-state index contributed by atoms with van der Waals surface area (Å²) in [5, 5.41) is 8.86. The van der Waals surface area contributed by atoms with Gasteiger partial charge in [0.2, 0.25) is 11.8 Å². The van der Waals surface area contributed by atoms with E-state index in [0.29, 0.717) is 6.04 Å². The van der Waals surface area contributed by atoms with Gasteiger partial charge in [0, 0.05) is 19.1 Å². The molecule has 2 amide bonds. The molecule has 1 saturated carbocycles. The van der Waals surface area contributed by atoms with Gasteiger partial charge in [-0.05, 0) is 12.8 Å². The van der Waals surface area contributed by atoms with E-state index in [0.717, 1.165) is 12.8 Å². The van der Waals surface area contributed by atoms with Crippen molar-refractivity contribution in [2.24, 2.45) is 0 Å². The molecule has 16 heavy (non-hydrogen) atoms. The number of piperazine rings is 1. The predicted molar refractivity (Wildman–Crippen MR) is 59.8 cm³/mol. The molecule has 90 valence electrons. The summed E-state index contributed by atoms with van der Waals surface area (Å²) in [4.78, 5) is 23.0. The van der Waals surface area contributed by atoms with Crippen molar-refractivity contribution in [2.45, 2.75) is 50.2 Å². The van der Waals surface area contributed by atoms with Gasteiger partial charge in [-0.15, -0.1) is 0 Å². The molecule has 1 aliphatic carbocycles. The fourth-order valence-corrected chi connectivity index (χ4v) is 2.56. The molecule has 1 heterocycles. The van der Waals surface area contributed by atoms with E-state index in [1.165, 1.54) is 12.8 Å². The van der Waals surface area contributed by atoms with Crippen LogP contribution in [0.25, 0.3) is 0 Å². The Kier molecular flexibility index (Phi) is 3.43. The smallest absolute Gasteiger partial charge is 0.237 e. The SMILES string of the molecule is CNC(=O)CC1NC2CCCCC2NC1=O. The van der Waals surface area contributed by atoms with Crippen LogP contribution >= 0.6 is 0 Å². The molecule has 2 fully saturated rings. The second-order valence-electron chi connectivity index (χ2n) is 4.60. The van der Waals surface area contributed by atoms with Crippen LogP contribution in [0.15, 0.2) is 0 Å². The molecule has 5 heteroatoms. The van der Waals surface area contributed by atoms with Crippen molar-refractivity contribution >= 4 is 11.8 Å². The van der Waals surface area contributed by atoms with Crippen LogP contribution in [0, 0.1) is 0 Å². The first-order valence-corrected chi connectivity index (χ1v) is 5.97. The Morgan fingerprint density at radius 2 is 2.06 bits per heavy atom. The van der Waals surface area contributed by atoms with Crippen LogP contribution in [0.2, 0.25) is 0 Å². The van der Waals surface area contributed by atoms with Gasteiger partial charge in [0.15, 0.2) is 0 Å². The Balaban J connectivity index is 1.95. The van der Waals surface area contributed by atoms with E-state index in [1.54, 1.807) is 7.05 Å². The van der Waals surface area contributed by atoms with Gasteiger partial charge in [0.1, 0.15) is 0 Å². The molecule has 0 aromatic heterocycles. The number of carbonyl (C=O) groups excluding carboxylic acids is 2. The number of hydrogen-bond acceptors (Lipinski definition) is 3. The predicted octanol–water partition coefficient (Wildman–Crippen LogP) is -0.478. The Labute approximate surface area is 95.3 Å². The van der Waals surface area contributed by atoms with Crippen molar-refractivity contribution in [1.29, 1.82) is 0 Å². The third-order valence-electron chi connectivity index (χ3n) is 3.49. The maximum absolute atomic E-state index is 11.7. The maximum Gasteiger partial charge on any atom is 0.237 e. The normalized spacial score (nSPS) is 33.8. The number of fused-ring (bicyclic) bond motifs is 1. The minimum Gasteiger partial charge on any atom is -0.359 e. The van der Waals surface area contributed by atoms with Gasteiger partial charge in [0.25, 0.3) is 0 Å². The third kappa shape index (κ3) is 2.35. The Bertz CT molecular complexity index is 293. The lowest BCUT2D eigenvalue weighted by Crippen LogP contribution is -2.65. The number of rotatable bonds is 2. The molecule has 2 rings (SSSR count). The van der Waals surface area contributed by atoms with E-state index in [9.17, 15) is 9.59 Å². The van der Waals surface area contributed by atoms with Crippen molar-refractivity contribution in [1.82, 2.24) is 16.0 Å². The zero-order valence-electron chi connectivity index (χ0n) is 9.58. The summed E-state index contributed by atoms with van der Waals surface area (Å²) in [5.74, 6) is -0.131. The van der Waals surface area contributed by atoms with Crippen molar-refractivity contribution in [3.63, 3.8) is 0 Å². The van der Waals surface area contributed by atoms with Crippen molar-refractivity contribution < 1.29 is 9.59 Å². The van der Waals surface area contributed by atoms with Gasteiger partial charge in [-0.1, -0.05) is 12.8 Å². The highest BCUT2D eigenvalue weighted by Crippen LogP contribution is 2.22. The highest BCUT2D eigenvalue weighted by Gasteiger charge is 2.36. The van der Waals surface area contributed by atoms with E-state index >= 15 is 0 Å². The molecule has 3 unspecified atom stereocenters. The van der Waals surface area contributed by atoms with Crippen LogP contribution in [0.5, 0.6) is 0 Å². The Morgan fingerprint density at radius 1 is 1.38 bits per heavy atom. The topological polar surface area (TPSA) is 70.2 Å². The molecule has 1 saturated heterocycles. The zero-order valence-corrected chi connectivity index (χ0v) is 9.58. The molecular formula is C11H19N3O2. The van der Waals surface area contributed by atoms with Crippen LogP contribution in [0.3, 0.4) is 0 Å². The third-order valence-corrected chi connectivity index (χ3v) is 3.49. The lowest BCUT2D eigenvalue weighted by molar-refractivity contribution is -0.131.